The fraction of sp³-hybridized carbons (Fsp3) is 0.929. The maximum absolute atomic E-state index is 11.1. The molecule has 1 rings (SSSR count). The SMILES string of the molecule is CCOC(=O)CCCCCNC1CCC(OC)C1. The van der Waals surface area contributed by atoms with Gasteiger partial charge in [0.25, 0.3) is 0 Å². The van der Waals surface area contributed by atoms with E-state index in [-0.39, 0.29) is 5.97 Å². The third-order valence-electron chi connectivity index (χ3n) is 3.51. The van der Waals surface area contributed by atoms with E-state index in [0.29, 0.717) is 25.2 Å². The Kier molecular flexibility index (Phi) is 8.01. The van der Waals surface area contributed by atoms with Gasteiger partial charge in [-0.15, -0.1) is 0 Å². The molecule has 18 heavy (non-hydrogen) atoms. The molecular weight excluding hydrogens is 230 g/mol. The number of carbonyl (C=O) groups excluding carboxylic acids is 1. The van der Waals surface area contributed by atoms with Crippen LogP contribution in [0.3, 0.4) is 0 Å². The van der Waals surface area contributed by atoms with Crippen LogP contribution in [0.4, 0.5) is 0 Å². The Morgan fingerprint density at radius 3 is 2.78 bits per heavy atom. The number of carbonyl (C=O) groups is 1. The van der Waals surface area contributed by atoms with Gasteiger partial charge in [0.05, 0.1) is 12.7 Å². The second-order valence-electron chi connectivity index (χ2n) is 4.94. The lowest BCUT2D eigenvalue weighted by molar-refractivity contribution is -0.143. The molecule has 2 unspecified atom stereocenters. The van der Waals surface area contributed by atoms with Crippen molar-refractivity contribution < 1.29 is 14.3 Å². The van der Waals surface area contributed by atoms with Gasteiger partial charge in [-0.2, -0.15) is 0 Å². The molecule has 4 heteroatoms. The molecule has 0 heterocycles. The van der Waals surface area contributed by atoms with Crippen LogP contribution in [0.15, 0.2) is 0 Å². The summed E-state index contributed by atoms with van der Waals surface area (Å²) in [6.07, 6.45) is 7.71. The minimum Gasteiger partial charge on any atom is -0.466 e. The maximum atomic E-state index is 11.1. The van der Waals surface area contributed by atoms with Crippen molar-refractivity contribution in [1.82, 2.24) is 5.32 Å². The highest BCUT2D eigenvalue weighted by Crippen LogP contribution is 2.21. The zero-order valence-electron chi connectivity index (χ0n) is 11.7. The van der Waals surface area contributed by atoms with Gasteiger partial charge in [0.15, 0.2) is 0 Å². The third kappa shape index (κ3) is 6.36. The third-order valence-corrected chi connectivity index (χ3v) is 3.51. The highest BCUT2D eigenvalue weighted by atomic mass is 16.5. The monoisotopic (exact) mass is 257 g/mol. The number of methoxy groups -OCH3 is 1. The zero-order valence-corrected chi connectivity index (χ0v) is 11.7. The summed E-state index contributed by atoms with van der Waals surface area (Å²) < 4.78 is 10.2. The van der Waals surface area contributed by atoms with Gasteiger partial charge in [-0.05, 0) is 45.6 Å². The molecule has 1 N–H and O–H groups in total. The van der Waals surface area contributed by atoms with E-state index < -0.39 is 0 Å². The van der Waals surface area contributed by atoms with Crippen LogP contribution >= 0.6 is 0 Å². The van der Waals surface area contributed by atoms with Crippen molar-refractivity contribution in [2.75, 3.05) is 20.3 Å². The van der Waals surface area contributed by atoms with Crippen molar-refractivity contribution in [3.05, 3.63) is 0 Å². The number of hydrogen-bond acceptors (Lipinski definition) is 4. The number of hydrogen-bond donors (Lipinski definition) is 1. The summed E-state index contributed by atoms with van der Waals surface area (Å²) in [6, 6.07) is 0.625. The number of nitrogens with one attached hydrogen (secondary N) is 1. The van der Waals surface area contributed by atoms with Crippen molar-refractivity contribution in [3.63, 3.8) is 0 Å². The van der Waals surface area contributed by atoms with Gasteiger partial charge in [-0.25, -0.2) is 0 Å². The van der Waals surface area contributed by atoms with Gasteiger partial charge in [0.1, 0.15) is 0 Å². The van der Waals surface area contributed by atoms with E-state index >= 15 is 0 Å². The first-order valence-corrected chi connectivity index (χ1v) is 7.18. The standard InChI is InChI=1S/C14H27NO3/c1-3-18-14(16)7-5-4-6-10-15-12-8-9-13(11-12)17-2/h12-13,15H,3-11H2,1-2H3. The molecule has 0 radical (unpaired) electrons. The molecule has 0 aromatic carbocycles. The largest absolute Gasteiger partial charge is 0.466 e. The van der Waals surface area contributed by atoms with Crippen LogP contribution in [-0.4, -0.2) is 38.4 Å². The summed E-state index contributed by atoms with van der Waals surface area (Å²) in [4.78, 5) is 11.1. The van der Waals surface area contributed by atoms with Crippen molar-refractivity contribution in [2.45, 2.75) is 64.0 Å². The summed E-state index contributed by atoms with van der Waals surface area (Å²) in [7, 11) is 1.79. The van der Waals surface area contributed by atoms with Gasteiger partial charge in [0.2, 0.25) is 0 Å². The Morgan fingerprint density at radius 2 is 2.11 bits per heavy atom. The second-order valence-corrected chi connectivity index (χ2v) is 4.94. The molecule has 106 valence electrons. The average Bonchev–Trinajstić information content (AvgIpc) is 2.82. The molecule has 1 aliphatic rings. The number of unbranched alkanes of at least 4 members (excludes halogenated alkanes) is 2. The first-order valence-electron chi connectivity index (χ1n) is 7.18. The summed E-state index contributed by atoms with van der Waals surface area (Å²) in [6.45, 7) is 3.38. The minimum atomic E-state index is -0.0656. The predicted octanol–water partition coefficient (Wildman–Crippen LogP) is 2.27. The summed E-state index contributed by atoms with van der Waals surface area (Å²) in [5, 5.41) is 3.56. The van der Waals surface area contributed by atoms with E-state index in [9.17, 15) is 4.79 Å². The number of esters is 1. The Labute approximate surface area is 110 Å². The Hall–Kier alpha value is -0.610. The molecule has 4 nitrogen and oxygen atoms in total. The van der Waals surface area contributed by atoms with Crippen molar-refractivity contribution in [3.8, 4) is 0 Å². The van der Waals surface area contributed by atoms with Crippen LogP contribution in [0.2, 0.25) is 0 Å². The van der Waals surface area contributed by atoms with Crippen LogP contribution < -0.4 is 5.32 Å². The topological polar surface area (TPSA) is 47.6 Å². The van der Waals surface area contributed by atoms with E-state index in [0.717, 1.165) is 32.2 Å². The van der Waals surface area contributed by atoms with E-state index in [2.05, 4.69) is 5.32 Å². The van der Waals surface area contributed by atoms with E-state index in [4.69, 9.17) is 9.47 Å². The van der Waals surface area contributed by atoms with Crippen LogP contribution in [0.5, 0.6) is 0 Å². The lowest BCUT2D eigenvalue weighted by atomic mass is 10.2. The fourth-order valence-electron chi connectivity index (χ4n) is 2.45. The molecule has 1 fully saturated rings. The van der Waals surface area contributed by atoms with Crippen LogP contribution in [0, 0.1) is 0 Å². The molecule has 0 spiro atoms. The highest BCUT2D eigenvalue weighted by molar-refractivity contribution is 5.69. The number of ether oxygens (including phenoxy) is 2. The summed E-state index contributed by atoms with van der Waals surface area (Å²) in [5.74, 6) is -0.0656. The summed E-state index contributed by atoms with van der Waals surface area (Å²) in [5.41, 5.74) is 0. The molecule has 1 aliphatic carbocycles. The van der Waals surface area contributed by atoms with Crippen LogP contribution in [0.1, 0.15) is 51.9 Å². The Balaban J connectivity index is 1.88. The fourth-order valence-corrected chi connectivity index (χ4v) is 2.45. The molecule has 0 aromatic rings. The smallest absolute Gasteiger partial charge is 0.305 e. The second kappa shape index (κ2) is 9.34. The van der Waals surface area contributed by atoms with E-state index in [1.165, 1.54) is 12.8 Å². The quantitative estimate of drug-likeness (QED) is 0.508. The molecular formula is C14H27NO3. The molecule has 0 aromatic heterocycles. The lowest BCUT2D eigenvalue weighted by Gasteiger charge is -2.12. The van der Waals surface area contributed by atoms with E-state index in [1.807, 2.05) is 6.92 Å². The zero-order chi connectivity index (χ0) is 13.2. The first kappa shape index (κ1) is 15.4. The molecule has 1 saturated carbocycles. The molecule has 0 bridgehead atoms. The Morgan fingerprint density at radius 1 is 1.28 bits per heavy atom. The minimum absolute atomic E-state index is 0.0656. The predicted molar refractivity (Wildman–Crippen MR) is 71.5 cm³/mol. The molecule has 0 amide bonds. The van der Waals surface area contributed by atoms with Gasteiger partial charge in [-0.1, -0.05) is 6.42 Å². The van der Waals surface area contributed by atoms with Gasteiger partial charge < -0.3 is 14.8 Å². The van der Waals surface area contributed by atoms with E-state index in [1.54, 1.807) is 7.11 Å². The van der Waals surface area contributed by atoms with Crippen LogP contribution in [0.25, 0.3) is 0 Å². The molecule has 2 atom stereocenters. The number of rotatable bonds is 9. The maximum Gasteiger partial charge on any atom is 0.305 e. The van der Waals surface area contributed by atoms with Crippen molar-refractivity contribution in [2.24, 2.45) is 0 Å². The average molecular weight is 257 g/mol. The van der Waals surface area contributed by atoms with Crippen molar-refractivity contribution in [1.29, 1.82) is 0 Å². The normalized spacial score (nSPS) is 23.2. The molecule has 0 saturated heterocycles. The van der Waals surface area contributed by atoms with Crippen molar-refractivity contribution >= 4 is 5.97 Å². The Bertz CT molecular complexity index is 233. The highest BCUT2D eigenvalue weighted by Gasteiger charge is 2.23. The molecule has 0 aliphatic heterocycles. The van der Waals surface area contributed by atoms with Gasteiger partial charge in [0, 0.05) is 19.6 Å². The van der Waals surface area contributed by atoms with Crippen LogP contribution in [-0.2, 0) is 14.3 Å². The lowest BCUT2D eigenvalue weighted by Crippen LogP contribution is -2.28. The summed E-state index contributed by atoms with van der Waals surface area (Å²) >= 11 is 0. The van der Waals surface area contributed by atoms with Gasteiger partial charge in [-0.3, -0.25) is 4.79 Å². The first-order chi connectivity index (χ1) is 8.76. The van der Waals surface area contributed by atoms with Gasteiger partial charge >= 0.3 is 5.97 Å².